The molecule has 0 saturated heterocycles. The molecule has 92 valence electrons. The molecule has 2 nitrogen and oxygen atoms in total. The lowest BCUT2D eigenvalue weighted by molar-refractivity contribution is -0.119. The second-order valence-corrected chi connectivity index (χ2v) is 4.66. The number of carbonyl (C=O) groups is 1. The van der Waals surface area contributed by atoms with E-state index in [-0.39, 0.29) is 0 Å². The van der Waals surface area contributed by atoms with Crippen molar-refractivity contribution in [3.63, 3.8) is 0 Å². The summed E-state index contributed by atoms with van der Waals surface area (Å²) >= 11 is 0. The molecule has 1 aliphatic rings. The lowest BCUT2D eigenvalue weighted by atomic mass is 9.91. The minimum absolute atomic E-state index is 0.354. The van der Waals surface area contributed by atoms with Gasteiger partial charge in [-0.15, -0.1) is 0 Å². The molecule has 1 aliphatic carbocycles. The van der Waals surface area contributed by atoms with Crippen molar-refractivity contribution in [2.45, 2.75) is 44.9 Å². The van der Waals surface area contributed by atoms with Gasteiger partial charge < -0.3 is 4.74 Å². The number of ketones is 1. The minimum Gasteiger partial charge on any atom is -0.494 e. The Bertz CT molecular complexity index is 384. The quantitative estimate of drug-likeness (QED) is 0.743. The minimum atomic E-state index is 0.354. The Labute approximate surface area is 103 Å². The van der Waals surface area contributed by atoms with E-state index in [0.29, 0.717) is 24.7 Å². The van der Waals surface area contributed by atoms with E-state index in [1.807, 2.05) is 25.1 Å². The van der Waals surface area contributed by atoms with Crippen molar-refractivity contribution in [3.05, 3.63) is 29.8 Å². The summed E-state index contributed by atoms with van der Waals surface area (Å²) in [5.41, 5.74) is 1.21. The maximum absolute atomic E-state index is 11.7. The summed E-state index contributed by atoms with van der Waals surface area (Å²) in [6.45, 7) is 2.67. The highest BCUT2D eigenvalue weighted by Gasteiger charge is 2.21. The van der Waals surface area contributed by atoms with Crippen LogP contribution in [0.2, 0.25) is 0 Å². The van der Waals surface area contributed by atoms with Crippen LogP contribution in [0.1, 0.15) is 50.5 Å². The normalized spacial score (nSPS) is 21.0. The van der Waals surface area contributed by atoms with E-state index < -0.39 is 0 Å². The fraction of sp³-hybridized carbons (Fsp3) is 0.533. The zero-order chi connectivity index (χ0) is 12.1. The van der Waals surface area contributed by atoms with E-state index in [1.165, 1.54) is 5.56 Å². The van der Waals surface area contributed by atoms with Crippen LogP contribution in [0, 0.1) is 0 Å². The predicted octanol–water partition coefficient (Wildman–Crippen LogP) is 3.70. The summed E-state index contributed by atoms with van der Waals surface area (Å²) in [5.74, 6) is 1.71. The lowest BCUT2D eigenvalue weighted by Gasteiger charge is -2.17. The zero-order valence-electron chi connectivity index (χ0n) is 10.4. The highest BCUT2D eigenvalue weighted by molar-refractivity contribution is 5.79. The molecule has 1 aromatic carbocycles. The number of rotatable bonds is 3. The molecule has 2 heteroatoms. The topological polar surface area (TPSA) is 26.3 Å². The van der Waals surface area contributed by atoms with Crippen LogP contribution in [0.15, 0.2) is 24.3 Å². The van der Waals surface area contributed by atoms with Crippen LogP contribution in [-0.4, -0.2) is 12.4 Å². The molecule has 0 aromatic heterocycles. The smallest absolute Gasteiger partial charge is 0.133 e. The van der Waals surface area contributed by atoms with E-state index in [2.05, 4.69) is 6.07 Å². The molecule has 0 heterocycles. The van der Waals surface area contributed by atoms with Crippen molar-refractivity contribution >= 4 is 5.78 Å². The first kappa shape index (κ1) is 12.2. The summed E-state index contributed by atoms with van der Waals surface area (Å²) in [5, 5.41) is 0. The third-order valence-electron chi connectivity index (χ3n) is 3.39. The maximum atomic E-state index is 11.7. The van der Waals surface area contributed by atoms with Crippen LogP contribution in [0.5, 0.6) is 5.75 Å². The average molecular weight is 232 g/mol. The molecule has 1 unspecified atom stereocenters. The van der Waals surface area contributed by atoms with Gasteiger partial charge in [-0.05, 0) is 37.3 Å². The van der Waals surface area contributed by atoms with Crippen LogP contribution in [-0.2, 0) is 4.79 Å². The standard InChI is InChI=1S/C15H20O2/c1-2-17-15-10-6-5-9-14(15)12-7-3-4-8-13(16)11-12/h5-6,9-10,12H,2-4,7-8,11H2,1H3. The van der Waals surface area contributed by atoms with Gasteiger partial charge in [-0.3, -0.25) is 4.79 Å². The highest BCUT2D eigenvalue weighted by atomic mass is 16.5. The molecule has 0 N–H and O–H groups in total. The molecule has 1 atom stereocenters. The fourth-order valence-electron chi connectivity index (χ4n) is 2.56. The van der Waals surface area contributed by atoms with E-state index in [9.17, 15) is 4.79 Å². The molecule has 2 rings (SSSR count). The van der Waals surface area contributed by atoms with E-state index >= 15 is 0 Å². The molecule has 0 aliphatic heterocycles. The molecule has 17 heavy (non-hydrogen) atoms. The van der Waals surface area contributed by atoms with E-state index in [4.69, 9.17) is 4.74 Å². The van der Waals surface area contributed by atoms with Crippen LogP contribution in [0.3, 0.4) is 0 Å². The van der Waals surface area contributed by atoms with E-state index in [1.54, 1.807) is 0 Å². The van der Waals surface area contributed by atoms with Gasteiger partial charge in [-0.2, -0.15) is 0 Å². The van der Waals surface area contributed by atoms with Crippen LogP contribution < -0.4 is 4.74 Å². The van der Waals surface area contributed by atoms with Gasteiger partial charge in [0.25, 0.3) is 0 Å². The summed E-state index contributed by atoms with van der Waals surface area (Å²) in [6, 6.07) is 8.14. The van der Waals surface area contributed by atoms with Gasteiger partial charge in [-0.25, -0.2) is 0 Å². The van der Waals surface area contributed by atoms with Crippen molar-refractivity contribution in [3.8, 4) is 5.75 Å². The summed E-state index contributed by atoms with van der Waals surface area (Å²) in [4.78, 5) is 11.7. The van der Waals surface area contributed by atoms with Gasteiger partial charge in [0.2, 0.25) is 0 Å². The Morgan fingerprint density at radius 2 is 2.12 bits per heavy atom. The summed E-state index contributed by atoms with van der Waals surface area (Å²) in [7, 11) is 0. The Morgan fingerprint density at radius 1 is 1.29 bits per heavy atom. The maximum Gasteiger partial charge on any atom is 0.133 e. The molecule has 0 radical (unpaired) electrons. The zero-order valence-corrected chi connectivity index (χ0v) is 10.4. The SMILES string of the molecule is CCOc1ccccc1C1CCCCC(=O)C1. The van der Waals surface area contributed by atoms with Gasteiger partial charge in [0, 0.05) is 12.8 Å². The number of para-hydroxylation sites is 1. The van der Waals surface area contributed by atoms with Crippen molar-refractivity contribution in [2.24, 2.45) is 0 Å². The number of Topliss-reactive ketones (excluding diaryl/α,β-unsaturated/α-hetero) is 1. The first-order valence-electron chi connectivity index (χ1n) is 6.54. The van der Waals surface area contributed by atoms with Gasteiger partial charge in [0.1, 0.15) is 11.5 Å². The van der Waals surface area contributed by atoms with E-state index in [0.717, 1.165) is 31.4 Å². The first-order valence-corrected chi connectivity index (χ1v) is 6.54. The Morgan fingerprint density at radius 3 is 2.94 bits per heavy atom. The molecule has 1 fully saturated rings. The molecule has 0 spiro atoms. The Balaban J connectivity index is 2.22. The average Bonchev–Trinajstić information content (AvgIpc) is 2.55. The van der Waals surface area contributed by atoms with Crippen LogP contribution in [0.25, 0.3) is 0 Å². The number of ether oxygens (including phenoxy) is 1. The van der Waals surface area contributed by atoms with Gasteiger partial charge in [-0.1, -0.05) is 24.6 Å². The third kappa shape index (κ3) is 3.09. The number of hydrogen-bond donors (Lipinski definition) is 0. The van der Waals surface area contributed by atoms with Crippen molar-refractivity contribution in [1.82, 2.24) is 0 Å². The molecular weight excluding hydrogens is 212 g/mol. The van der Waals surface area contributed by atoms with Gasteiger partial charge >= 0.3 is 0 Å². The van der Waals surface area contributed by atoms with Gasteiger partial charge in [0.15, 0.2) is 0 Å². The lowest BCUT2D eigenvalue weighted by Crippen LogP contribution is -2.06. The molecule has 1 aromatic rings. The van der Waals surface area contributed by atoms with Crippen molar-refractivity contribution < 1.29 is 9.53 Å². The fourth-order valence-corrected chi connectivity index (χ4v) is 2.56. The number of hydrogen-bond acceptors (Lipinski definition) is 2. The van der Waals surface area contributed by atoms with Gasteiger partial charge in [0.05, 0.1) is 6.61 Å². The van der Waals surface area contributed by atoms with Crippen molar-refractivity contribution in [1.29, 1.82) is 0 Å². The number of benzene rings is 1. The van der Waals surface area contributed by atoms with Crippen LogP contribution >= 0.6 is 0 Å². The largest absolute Gasteiger partial charge is 0.494 e. The molecular formula is C15H20O2. The summed E-state index contributed by atoms with van der Waals surface area (Å²) < 4.78 is 5.65. The predicted molar refractivity (Wildman–Crippen MR) is 68.4 cm³/mol. The van der Waals surface area contributed by atoms with Crippen molar-refractivity contribution in [2.75, 3.05) is 6.61 Å². The number of carbonyl (C=O) groups excluding carboxylic acids is 1. The first-order chi connectivity index (χ1) is 8.31. The molecule has 1 saturated carbocycles. The van der Waals surface area contributed by atoms with Crippen LogP contribution in [0.4, 0.5) is 0 Å². The molecule has 0 bridgehead atoms. The Kier molecular flexibility index (Phi) is 4.18. The third-order valence-corrected chi connectivity index (χ3v) is 3.39. The second-order valence-electron chi connectivity index (χ2n) is 4.66. The molecule has 0 amide bonds. The Hall–Kier alpha value is -1.31. The summed E-state index contributed by atoms with van der Waals surface area (Å²) in [6.07, 6.45) is 4.75. The second kappa shape index (κ2) is 5.85. The highest BCUT2D eigenvalue weighted by Crippen LogP contribution is 2.35. The monoisotopic (exact) mass is 232 g/mol.